The highest BCUT2D eigenvalue weighted by Crippen LogP contribution is 2.40. The largest absolute Gasteiger partial charge is 0.455 e. The van der Waals surface area contributed by atoms with Gasteiger partial charge in [-0.25, -0.2) is 4.98 Å². The Morgan fingerprint density at radius 1 is 0.512 bits per heavy atom. The summed E-state index contributed by atoms with van der Waals surface area (Å²) < 4.78 is 8.50. The number of para-hydroxylation sites is 1. The van der Waals surface area contributed by atoms with Gasteiger partial charge in [-0.3, -0.25) is 0 Å². The normalized spacial score (nSPS) is 11.8. The number of benzene rings is 7. The Kier molecular flexibility index (Phi) is 5.11. The predicted octanol–water partition coefficient (Wildman–Crippen LogP) is 10.8. The van der Waals surface area contributed by atoms with Gasteiger partial charge in [-0.05, 0) is 74.8 Å². The molecule has 3 nitrogen and oxygen atoms in total. The molecule has 2 aromatic heterocycles. The summed E-state index contributed by atoms with van der Waals surface area (Å²) >= 11 is 0. The lowest BCUT2D eigenvalue weighted by Gasteiger charge is -2.10. The molecule has 0 fully saturated rings. The Labute approximate surface area is 248 Å². The zero-order valence-corrected chi connectivity index (χ0v) is 23.6. The van der Waals surface area contributed by atoms with Gasteiger partial charge in [0.05, 0.1) is 11.0 Å². The van der Waals surface area contributed by atoms with Crippen LogP contribution in [0.15, 0.2) is 144 Å². The fourth-order valence-electron chi connectivity index (χ4n) is 6.60. The number of aryl methyl sites for hydroxylation is 1. The van der Waals surface area contributed by atoms with Crippen LogP contribution in [0.4, 0.5) is 0 Å². The van der Waals surface area contributed by atoms with E-state index in [0.717, 1.165) is 49.7 Å². The maximum absolute atomic E-state index is 6.33. The molecule has 0 aliphatic heterocycles. The molecule has 0 unspecified atom stereocenters. The Balaban J connectivity index is 1.15. The van der Waals surface area contributed by atoms with Gasteiger partial charge < -0.3 is 8.98 Å². The van der Waals surface area contributed by atoms with Crippen molar-refractivity contribution in [3.05, 3.63) is 140 Å². The van der Waals surface area contributed by atoms with Crippen molar-refractivity contribution in [2.75, 3.05) is 0 Å². The minimum Gasteiger partial charge on any atom is -0.455 e. The molecule has 9 aromatic rings. The average molecular weight is 551 g/mol. The molecule has 0 saturated carbocycles. The summed E-state index contributed by atoms with van der Waals surface area (Å²) in [5, 5.41) is 7.07. The van der Waals surface area contributed by atoms with Crippen LogP contribution < -0.4 is 0 Å². The first kappa shape index (κ1) is 24.0. The van der Waals surface area contributed by atoms with Gasteiger partial charge in [0.1, 0.15) is 17.0 Å². The molecule has 202 valence electrons. The van der Waals surface area contributed by atoms with Crippen LogP contribution >= 0.6 is 0 Å². The van der Waals surface area contributed by atoms with E-state index in [0.29, 0.717) is 0 Å². The maximum Gasteiger partial charge on any atom is 0.143 e. The predicted molar refractivity (Wildman–Crippen MR) is 179 cm³/mol. The van der Waals surface area contributed by atoms with Gasteiger partial charge in [-0.1, -0.05) is 103 Å². The van der Waals surface area contributed by atoms with Gasteiger partial charge in [0.25, 0.3) is 0 Å². The van der Waals surface area contributed by atoms with Gasteiger partial charge in [0.2, 0.25) is 0 Å². The Hall–Kier alpha value is -5.67. The molecule has 0 saturated heterocycles. The lowest BCUT2D eigenvalue weighted by atomic mass is 9.93. The van der Waals surface area contributed by atoms with E-state index in [9.17, 15) is 0 Å². The quantitative estimate of drug-likeness (QED) is 0.219. The number of hydrogen-bond donors (Lipinski definition) is 0. The van der Waals surface area contributed by atoms with E-state index in [1.54, 1.807) is 0 Å². The second kappa shape index (κ2) is 9.17. The SMILES string of the molecule is Cn1c(-c2ccccc2)nc2cc(-c3ccc4cc(-c5cc6c7ccccc7oc6c6ccccc56)ccc4c3)ccc21. The molecule has 0 radical (unpaired) electrons. The molecule has 0 aliphatic carbocycles. The van der Waals surface area contributed by atoms with E-state index >= 15 is 0 Å². The van der Waals surface area contributed by atoms with E-state index in [4.69, 9.17) is 9.40 Å². The van der Waals surface area contributed by atoms with Gasteiger partial charge >= 0.3 is 0 Å². The highest BCUT2D eigenvalue weighted by Gasteiger charge is 2.15. The number of aromatic nitrogens is 2. The molecule has 9 rings (SSSR count). The zero-order chi connectivity index (χ0) is 28.5. The number of fused-ring (bicyclic) bond motifs is 7. The van der Waals surface area contributed by atoms with Crippen molar-refractivity contribution in [2.24, 2.45) is 7.05 Å². The second-order valence-electron chi connectivity index (χ2n) is 11.3. The van der Waals surface area contributed by atoms with Crippen molar-refractivity contribution in [1.29, 1.82) is 0 Å². The highest BCUT2D eigenvalue weighted by molar-refractivity contribution is 6.19. The van der Waals surface area contributed by atoms with Crippen LogP contribution in [0.3, 0.4) is 0 Å². The number of hydrogen-bond acceptors (Lipinski definition) is 2. The fraction of sp³-hybridized carbons (Fsp3) is 0.0250. The summed E-state index contributed by atoms with van der Waals surface area (Å²) in [4.78, 5) is 4.99. The number of furan rings is 1. The van der Waals surface area contributed by atoms with Crippen molar-refractivity contribution in [3.63, 3.8) is 0 Å². The number of imidazole rings is 1. The van der Waals surface area contributed by atoms with Crippen molar-refractivity contribution >= 4 is 54.5 Å². The molecule has 0 amide bonds. The lowest BCUT2D eigenvalue weighted by molar-refractivity contribution is 0.672. The van der Waals surface area contributed by atoms with Crippen molar-refractivity contribution < 1.29 is 4.42 Å². The molecule has 0 spiro atoms. The van der Waals surface area contributed by atoms with E-state index in [1.165, 1.54) is 38.4 Å². The van der Waals surface area contributed by atoms with Crippen LogP contribution in [-0.4, -0.2) is 9.55 Å². The Bertz CT molecular complexity index is 2520. The molecule has 0 aliphatic rings. The molecular formula is C40H26N2O. The van der Waals surface area contributed by atoms with Crippen molar-refractivity contribution in [2.45, 2.75) is 0 Å². The van der Waals surface area contributed by atoms with Crippen LogP contribution in [0.25, 0.3) is 88.2 Å². The zero-order valence-electron chi connectivity index (χ0n) is 23.6. The van der Waals surface area contributed by atoms with Gasteiger partial charge in [-0.15, -0.1) is 0 Å². The fourth-order valence-corrected chi connectivity index (χ4v) is 6.60. The molecule has 7 aromatic carbocycles. The Morgan fingerprint density at radius 3 is 2.00 bits per heavy atom. The Morgan fingerprint density at radius 2 is 1.16 bits per heavy atom. The van der Waals surface area contributed by atoms with Crippen LogP contribution in [0.5, 0.6) is 0 Å². The average Bonchev–Trinajstić information content (AvgIpc) is 3.61. The van der Waals surface area contributed by atoms with Crippen LogP contribution in [0, 0.1) is 0 Å². The van der Waals surface area contributed by atoms with E-state index < -0.39 is 0 Å². The standard InChI is InChI=1S/C40H26N2O/c1-42-37-20-19-29(23-36(37)41-40(42)25-9-3-2-4-10-25)27-15-16-28-22-30(18-17-26(28)21-27)34-24-35-32-12-7-8-14-38(32)43-39(35)33-13-6-5-11-31(33)34/h2-24H,1H3. The molecule has 0 N–H and O–H groups in total. The first-order valence-electron chi connectivity index (χ1n) is 14.6. The van der Waals surface area contributed by atoms with Gasteiger partial charge in [0.15, 0.2) is 0 Å². The molecule has 2 heterocycles. The molecule has 0 bridgehead atoms. The lowest BCUT2D eigenvalue weighted by Crippen LogP contribution is -1.91. The number of nitrogens with zero attached hydrogens (tertiary/aromatic N) is 2. The topological polar surface area (TPSA) is 31.0 Å². The van der Waals surface area contributed by atoms with Crippen molar-refractivity contribution in [3.8, 4) is 33.6 Å². The van der Waals surface area contributed by atoms with E-state index in [1.807, 2.05) is 18.2 Å². The van der Waals surface area contributed by atoms with Gasteiger partial charge in [0, 0.05) is 28.8 Å². The van der Waals surface area contributed by atoms with Crippen LogP contribution in [0.2, 0.25) is 0 Å². The summed E-state index contributed by atoms with van der Waals surface area (Å²) in [6.45, 7) is 0. The second-order valence-corrected chi connectivity index (χ2v) is 11.3. The van der Waals surface area contributed by atoms with E-state index in [-0.39, 0.29) is 0 Å². The minimum absolute atomic E-state index is 0.922. The number of rotatable bonds is 3. The molecule has 0 atom stereocenters. The monoisotopic (exact) mass is 550 g/mol. The molecule has 3 heteroatoms. The summed E-state index contributed by atoms with van der Waals surface area (Å²) in [6, 6.07) is 49.6. The third-order valence-corrected chi connectivity index (χ3v) is 8.78. The first-order valence-corrected chi connectivity index (χ1v) is 14.6. The van der Waals surface area contributed by atoms with E-state index in [2.05, 4.69) is 133 Å². The smallest absolute Gasteiger partial charge is 0.143 e. The minimum atomic E-state index is 0.922. The molecular weight excluding hydrogens is 524 g/mol. The third kappa shape index (κ3) is 3.72. The summed E-state index contributed by atoms with van der Waals surface area (Å²) in [7, 11) is 2.08. The van der Waals surface area contributed by atoms with Crippen molar-refractivity contribution in [1.82, 2.24) is 9.55 Å². The maximum atomic E-state index is 6.33. The van der Waals surface area contributed by atoms with Crippen LogP contribution in [0.1, 0.15) is 0 Å². The first-order chi connectivity index (χ1) is 21.2. The summed E-state index contributed by atoms with van der Waals surface area (Å²) in [5.41, 5.74) is 9.90. The summed E-state index contributed by atoms with van der Waals surface area (Å²) in [6.07, 6.45) is 0. The third-order valence-electron chi connectivity index (χ3n) is 8.78. The van der Waals surface area contributed by atoms with Crippen LogP contribution in [-0.2, 0) is 7.05 Å². The van der Waals surface area contributed by atoms with Gasteiger partial charge in [-0.2, -0.15) is 0 Å². The highest BCUT2D eigenvalue weighted by atomic mass is 16.3. The summed E-state index contributed by atoms with van der Waals surface area (Å²) in [5.74, 6) is 0.980. The molecule has 43 heavy (non-hydrogen) atoms.